The van der Waals surface area contributed by atoms with Crippen molar-refractivity contribution >= 4 is 28.6 Å². The van der Waals surface area contributed by atoms with Crippen molar-refractivity contribution < 1.29 is 4.79 Å². The lowest BCUT2D eigenvalue weighted by Gasteiger charge is -2.37. The first-order valence-corrected chi connectivity index (χ1v) is 12.6. The molecule has 178 valence electrons. The summed E-state index contributed by atoms with van der Waals surface area (Å²) >= 11 is 0. The van der Waals surface area contributed by atoms with Crippen LogP contribution in [0.5, 0.6) is 0 Å². The molecule has 1 aliphatic heterocycles. The highest BCUT2D eigenvalue weighted by Crippen LogP contribution is 2.33. The van der Waals surface area contributed by atoms with Gasteiger partial charge in [-0.25, -0.2) is 0 Å². The molecule has 1 aliphatic rings. The summed E-state index contributed by atoms with van der Waals surface area (Å²) in [5.41, 5.74) is 6.68. The number of pyridine rings is 1. The smallest absolute Gasteiger partial charge is 0.121 e. The fourth-order valence-corrected chi connectivity index (χ4v) is 5.39. The van der Waals surface area contributed by atoms with Crippen molar-refractivity contribution in [3.63, 3.8) is 0 Å². The molecule has 35 heavy (non-hydrogen) atoms. The van der Waals surface area contributed by atoms with Gasteiger partial charge in [0.1, 0.15) is 6.29 Å². The molecule has 0 bridgehead atoms. The lowest BCUT2D eigenvalue weighted by molar-refractivity contribution is -0.109. The number of piperidine rings is 1. The van der Waals surface area contributed by atoms with E-state index in [1.165, 1.54) is 24.0 Å². The van der Waals surface area contributed by atoms with Crippen LogP contribution in [0.1, 0.15) is 42.1 Å². The molecule has 0 radical (unpaired) electrons. The number of anilines is 2. The van der Waals surface area contributed by atoms with E-state index in [9.17, 15) is 4.79 Å². The minimum Gasteiger partial charge on any atom is -0.355 e. The van der Waals surface area contributed by atoms with Gasteiger partial charge in [-0.3, -0.25) is 9.88 Å². The van der Waals surface area contributed by atoms with Gasteiger partial charge >= 0.3 is 0 Å². The van der Waals surface area contributed by atoms with Crippen molar-refractivity contribution in [3.8, 4) is 0 Å². The molecular weight excluding hydrogens is 430 g/mol. The number of benzene rings is 3. The van der Waals surface area contributed by atoms with Gasteiger partial charge < -0.3 is 10.1 Å². The van der Waals surface area contributed by atoms with Crippen LogP contribution in [0.2, 0.25) is 0 Å². The third-order valence-corrected chi connectivity index (χ3v) is 7.17. The van der Waals surface area contributed by atoms with E-state index in [1.807, 2.05) is 25.1 Å². The number of hydrogen-bond acceptors (Lipinski definition) is 4. The first kappa shape index (κ1) is 23.3. The minimum atomic E-state index is 0.114. The first-order valence-electron chi connectivity index (χ1n) is 12.6. The van der Waals surface area contributed by atoms with Gasteiger partial charge in [0, 0.05) is 34.9 Å². The zero-order valence-electron chi connectivity index (χ0n) is 20.4. The summed E-state index contributed by atoms with van der Waals surface area (Å²) in [5.74, 6) is 0.710. The van der Waals surface area contributed by atoms with Crippen molar-refractivity contribution in [2.24, 2.45) is 5.92 Å². The molecule has 1 aromatic heterocycles. The topological polar surface area (TPSA) is 45.2 Å². The number of carbonyl (C=O) groups is 1. The quantitative estimate of drug-likeness (QED) is 0.290. The number of rotatable bonds is 8. The number of aldehydes is 1. The summed E-state index contributed by atoms with van der Waals surface area (Å²) in [4.78, 5) is 18.8. The van der Waals surface area contributed by atoms with Crippen LogP contribution in [0.15, 0.2) is 84.9 Å². The molecule has 4 heteroatoms. The largest absolute Gasteiger partial charge is 0.355 e. The van der Waals surface area contributed by atoms with Crippen LogP contribution in [0.25, 0.3) is 10.9 Å². The number of aromatic nitrogens is 1. The summed E-state index contributed by atoms with van der Waals surface area (Å²) in [6.45, 7) is 4.08. The SMILES string of the molecule is Cc1cc(Nc2cccc(C(CC=O)N3CCC(Cc4ccccc4)CC3)c2)c2ccccc2n1. The molecule has 1 unspecified atom stereocenters. The maximum absolute atomic E-state index is 11.6. The Morgan fingerprint density at radius 2 is 1.74 bits per heavy atom. The molecule has 3 aromatic carbocycles. The van der Waals surface area contributed by atoms with Crippen LogP contribution in [0, 0.1) is 12.8 Å². The Labute approximate surface area is 208 Å². The van der Waals surface area contributed by atoms with E-state index in [0.29, 0.717) is 12.3 Å². The standard InChI is InChI=1S/C31H33N3O/c1-23-20-30(28-12-5-6-13-29(28)32-23)33-27-11-7-10-26(22-27)31(16-19-35)34-17-14-25(15-18-34)21-24-8-3-2-4-9-24/h2-13,19-20,22,25,31H,14-18,21H2,1H3,(H,32,33). The summed E-state index contributed by atoms with van der Waals surface area (Å²) in [7, 11) is 0. The van der Waals surface area contributed by atoms with Gasteiger partial charge in [0.25, 0.3) is 0 Å². The third kappa shape index (κ3) is 5.60. The molecule has 0 spiro atoms. The molecule has 5 rings (SSSR count). The van der Waals surface area contributed by atoms with Crippen molar-refractivity contribution in [2.75, 3.05) is 18.4 Å². The van der Waals surface area contributed by atoms with E-state index >= 15 is 0 Å². The normalized spacial score (nSPS) is 15.7. The second-order valence-corrected chi connectivity index (χ2v) is 9.67. The van der Waals surface area contributed by atoms with Crippen molar-refractivity contribution in [3.05, 3.63) is 102 Å². The molecule has 1 atom stereocenters. The first-order chi connectivity index (χ1) is 17.2. The van der Waals surface area contributed by atoms with E-state index in [4.69, 9.17) is 0 Å². The summed E-state index contributed by atoms with van der Waals surface area (Å²) in [6.07, 6.45) is 5.07. The second-order valence-electron chi connectivity index (χ2n) is 9.67. The molecule has 4 aromatic rings. The Morgan fingerprint density at radius 3 is 2.54 bits per heavy atom. The van der Waals surface area contributed by atoms with Gasteiger partial charge in [0.15, 0.2) is 0 Å². The van der Waals surface area contributed by atoms with Crippen LogP contribution in [0.3, 0.4) is 0 Å². The molecule has 1 N–H and O–H groups in total. The highest BCUT2D eigenvalue weighted by atomic mass is 16.1. The Balaban J connectivity index is 1.31. The zero-order chi connectivity index (χ0) is 24.0. The Bertz CT molecular complexity index is 1280. The van der Waals surface area contributed by atoms with Gasteiger partial charge in [-0.15, -0.1) is 0 Å². The van der Waals surface area contributed by atoms with E-state index < -0.39 is 0 Å². The predicted octanol–water partition coefficient (Wildman–Crippen LogP) is 6.87. The van der Waals surface area contributed by atoms with Crippen LogP contribution in [-0.2, 0) is 11.2 Å². The highest BCUT2D eigenvalue weighted by Gasteiger charge is 2.26. The average molecular weight is 464 g/mol. The van der Waals surface area contributed by atoms with Crippen molar-refractivity contribution in [1.29, 1.82) is 0 Å². The highest BCUT2D eigenvalue weighted by molar-refractivity contribution is 5.93. The molecule has 0 amide bonds. The van der Waals surface area contributed by atoms with Gasteiger partial charge in [-0.1, -0.05) is 60.7 Å². The van der Waals surface area contributed by atoms with Gasteiger partial charge in [-0.2, -0.15) is 0 Å². The van der Waals surface area contributed by atoms with E-state index in [2.05, 4.69) is 81.9 Å². The van der Waals surface area contributed by atoms with E-state index in [0.717, 1.165) is 53.8 Å². The summed E-state index contributed by atoms with van der Waals surface area (Å²) < 4.78 is 0. The molecule has 2 heterocycles. The minimum absolute atomic E-state index is 0.114. The van der Waals surface area contributed by atoms with Gasteiger partial charge in [-0.05, 0) is 80.6 Å². The van der Waals surface area contributed by atoms with E-state index in [-0.39, 0.29) is 6.04 Å². The van der Waals surface area contributed by atoms with Gasteiger partial charge in [0.05, 0.1) is 5.52 Å². The lowest BCUT2D eigenvalue weighted by atomic mass is 9.88. The monoisotopic (exact) mass is 463 g/mol. The lowest BCUT2D eigenvalue weighted by Crippen LogP contribution is -2.37. The Kier molecular flexibility index (Phi) is 7.20. The third-order valence-electron chi connectivity index (χ3n) is 7.17. The molecule has 1 fully saturated rings. The molecule has 0 saturated carbocycles. The Hall–Kier alpha value is -3.50. The fraction of sp³-hybridized carbons (Fsp3) is 0.290. The van der Waals surface area contributed by atoms with E-state index in [1.54, 1.807) is 0 Å². The van der Waals surface area contributed by atoms with Crippen molar-refractivity contribution in [1.82, 2.24) is 9.88 Å². The summed E-state index contributed by atoms with van der Waals surface area (Å²) in [5, 5.41) is 4.72. The fourth-order valence-electron chi connectivity index (χ4n) is 5.39. The van der Waals surface area contributed by atoms with Crippen LogP contribution < -0.4 is 5.32 Å². The number of para-hydroxylation sites is 1. The molecular formula is C31H33N3O. The second kappa shape index (κ2) is 10.8. The van der Waals surface area contributed by atoms with Crippen LogP contribution in [-0.4, -0.2) is 29.3 Å². The van der Waals surface area contributed by atoms with Crippen molar-refractivity contribution in [2.45, 2.75) is 38.6 Å². The number of nitrogens with one attached hydrogen (secondary N) is 1. The predicted molar refractivity (Wildman–Crippen MR) is 144 cm³/mol. The maximum Gasteiger partial charge on any atom is 0.121 e. The molecule has 4 nitrogen and oxygen atoms in total. The number of fused-ring (bicyclic) bond motifs is 1. The zero-order valence-corrected chi connectivity index (χ0v) is 20.4. The number of hydrogen-bond donors (Lipinski definition) is 1. The number of aryl methyl sites for hydroxylation is 1. The number of nitrogens with zero attached hydrogens (tertiary/aromatic N) is 2. The molecule has 0 aliphatic carbocycles. The Morgan fingerprint density at radius 1 is 0.971 bits per heavy atom. The van der Waals surface area contributed by atoms with Crippen LogP contribution in [0.4, 0.5) is 11.4 Å². The average Bonchev–Trinajstić information content (AvgIpc) is 2.89. The molecule has 1 saturated heterocycles. The number of carbonyl (C=O) groups excluding carboxylic acids is 1. The van der Waals surface area contributed by atoms with Gasteiger partial charge in [0.2, 0.25) is 0 Å². The summed E-state index contributed by atoms with van der Waals surface area (Å²) in [6, 6.07) is 29.8. The van der Waals surface area contributed by atoms with Crippen LogP contribution >= 0.6 is 0 Å². The number of likely N-dealkylation sites (tertiary alicyclic amines) is 1. The maximum atomic E-state index is 11.6.